The lowest BCUT2D eigenvalue weighted by Gasteiger charge is -2.30. The van der Waals surface area contributed by atoms with Gasteiger partial charge in [0.05, 0.1) is 0 Å². The number of hydrogen-bond donors (Lipinski definition) is 0. The van der Waals surface area contributed by atoms with Crippen LogP contribution in [0.3, 0.4) is 0 Å². The largest absolute Gasteiger partial charge is 0.298 e. The average molecular weight is 355 g/mol. The molecule has 2 nitrogen and oxygen atoms in total. The van der Waals surface area contributed by atoms with Crippen molar-refractivity contribution in [3.8, 4) is 0 Å². The first-order valence-corrected chi connectivity index (χ1v) is 10.4. The molecule has 0 spiro atoms. The van der Waals surface area contributed by atoms with Crippen molar-refractivity contribution in [2.24, 2.45) is 11.3 Å². The van der Waals surface area contributed by atoms with Gasteiger partial charge in [-0.3, -0.25) is 9.59 Å². The van der Waals surface area contributed by atoms with Gasteiger partial charge in [-0.05, 0) is 31.3 Å². The highest BCUT2D eigenvalue weighted by atomic mass is 16.2. The molecular formula is C24H34O2. The maximum Gasteiger partial charge on any atom is 0.180 e. The van der Waals surface area contributed by atoms with Crippen molar-refractivity contribution in [3.05, 3.63) is 47.0 Å². The SMILES string of the molecule is CCCC1=C(CCC)[C@](CCC)(C(=O)c2ccccc2)C(=O)C1CCC. The molecule has 2 rings (SSSR count). The fraction of sp³-hybridized carbons (Fsp3) is 0.583. The van der Waals surface area contributed by atoms with Gasteiger partial charge in [0.1, 0.15) is 5.41 Å². The average Bonchev–Trinajstić information content (AvgIpc) is 2.87. The summed E-state index contributed by atoms with van der Waals surface area (Å²) in [7, 11) is 0. The first-order chi connectivity index (χ1) is 12.6. The Bertz CT molecular complexity index is 656. The number of carbonyl (C=O) groups is 2. The van der Waals surface area contributed by atoms with E-state index in [0.717, 1.165) is 44.9 Å². The molecule has 1 unspecified atom stereocenters. The molecule has 0 bridgehead atoms. The van der Waals surface area contributed by atoms with Crippen LogP contribution in [0.15, 0.2) is 41.5 Å². The van der Waals surface area contributed by atoms with E-state index in [-0.39, 0.29) is 17.5 Å². The number of hydrogen-bond acceptors (Lipinski definition) is 2. The lowest BCUT2D eigenvalue weighted by atomic mass is 9.68. The van der Waals surface area contributed by atoms with E-state index in [9.17, 15) is 9.59 Å². The van der Waals surface area contributed by atoms with Gasteiger partial charge in [0, 0.05) is 11.5 Å². The standard InChI is InChI=1S/C24H34O2/c1-5-12-19-20(13-6-2)23(26)24(17-8-4,21(19)14-7-3)22(25)18-15-10-9-11-16-18/h9-11,15-16,20H,5-8,12-14,17H2,1-4H3/t20?,24-/m1/s1. The number of benzene rings is 1. The third-order valence-electron chi connectivity index (χ3n) is 5.71. The predicted octanol–water partition coefficient (Wildman–Crippen LogP) is 6.55. The van der Waals surface area contributed by atoms with Gasteiger partial charge in [-0.25, -0.2) is 0 Å². The zero-order valence-corrected chi connectivity index (χ0v) is 16.9. The number of allylic oxidation sites excluding steroid dienone is 2. The Balaban J connectivity index is 2.67. The fourth-order valence-electron chi connectivity index (χ4n) is 4.75. The summed E-state index contributed by atoms with van der Waals surface area (Å²) in [5.41, 5.74) is 2.21. The summed E-state index contributed by atoms with van der Waals surface area (Å²) in [6.07, 6.45) is 7.14. The molecule has 0 amide bonds. The Morgan fingerprint density at radius 1 is 0.923 bits per heavy atom. The minimum atomic E-state index is -0.920. The minimum Gasteiger partial charge on any atom is -0.298 e. The van der Waals surface area contributed by atoms with Crippen LogP contribution in [-0.2, 0) is 4.79 Å². The van der Waals surface area contributed by atoms with Gasteiger partial charge in [0.15, 0.2) is 11.6 Å². The van der Waals surface area contributed by atoms with Crippen molar-refractivity contribution in [3.63, 3.8) is 0 Å². The second kappa shape index (κ2) is 9.30. The maximum absolute atomic E-state index is 13.7. The van der Waals surface area contributed by atoms with Crippen LogP contribution in [-0.4, -0.2) is 11.6 Å². The molecule has 2 atom stereocenters. The van der Waals surface area contributed by atoms with Gasteiger partial charge >= 0.3 is 0 Å². The van der Waals surface area contributed by atoms with Crippen molar-refractivity contribution in [2.75, 3.05) is 0 Å². The van der Waals surface area contributed by atoms with E-state index in [1.54, 1.807) is 0 Å². The number of Topliss-reactive ketones (excluding diaryl/α,β-unsaturated/α-hetero) is 2. The monoisotopic (exact) mass is 354 g/mol. The molecule has 1 aromatic rings. The van der Waals surface area contributed by atoms with Gasteiger partial charge in [0.25, 0.3) is 0 Å². The number of rotatable bonds is 10. The predicted molar refractivity (Wildman–Crippen MR) is 108 cm³/mol. The molecule has 0 aromatic heterocycles. The molecule has 1 aliphatic carbocycles. The van der Waals surface area contributed by atoms with Crippen molar-refractivity contribution in [1.82, 2.24) is 0 Å². The molecule has 142 valence electrons. The van der Waals surface area contributed by atoms with E-state index >= 15 is 0 Å². The van der Waals surface area contributed by atoms with Crippen LogP contribution in [0.1, 0.15) is 89.4 Å². The zero-order chi connectivity index (χ0) is 19.2. The van der Waals surface area contributed by atoms with Crippen molar-refractivity contribution in [1.29, 1.82) is 0 Å². The van der Waals surface area contributed by atoms with E-state index in [1.165, 1.54) is 11.1 Å². The fourth-order valence-corrected chi connectivity index (χ4v) is 4.75. The first kappa shape index (κ1) is 20.6. The van der Waals surface area contributed by atoms with E-state index in [4.69, 9.17) is 0 Å². The van der Waals surface area contributed by atoms with E-state index in [1.807, 2.05) is 30.3 Å². The molecule has 0 heterocycles. The summed E-state index contributed by atoms with van der Waals surface area (Å²) in [4.78, 5) is 27.4. The summed E-state index contributed by atoms with van der Waals surface area (Å²) < 4.78 is 0. The molecule has 2 heteroatoms. The number of carbonyl (C=O) groups excluding carboxylic acids is 2. The molecule has 0 fully saturated rings. The molecule has 0 radical (unpaired) electrons. The Labute approximate surface area is 159 Å². The minimum absolute atomic E-state index is 0.0283. The molecule has 1 aromatic carbocycles. The van der Waals surface area contributed by atoms with Gasteiger partial charge < -0.3 is 0 Å². The van der Waals surface area contributed by atoms with Gasteiger partial charge in [-0.1, -0.05) is 89.3 Å². The second-order valence-electron chi connectivity index (χ2n) is 7.56. The van der Waals surface area contributed by atoms with E-state index < -0.39 is 5.41 Å². The van der Waals surface area contributed by atoms with Crippen LogP contribution in [0.4, 0.5) is 0 Å². The lowest BCUT2D eigenvalue weighted by Crippen LogP contribution is -2.40. The van der Waals surface area contributed by atoms with Gasteiger partial charge in [0.2, 0.25) is 0 Å². The summed E-state index contributed by atoms with van der Waals surface area (Å²) in [5.74, 6) is 0.156. The van der Waals surface area contributed by atoms with E-state index in [2.05, 4.69) is 27.7 Å². The highest BCUT2D eigenvalue weighted by Gasteiger charge is 2.55. The highest BCUT2D eigenvalue weighted by Crippen LogP contribution is 2.52. The molecule has 0 N–H and O–H groups in total. The molecular weight excluding hydrogens is 320 g/mol. The van der Waals surface area contributed by atoms with E-state index in [0.29, 0.717) is 12.0 Å². The van der Waals surface area contributed by atoms with Crippen LogP contribution in [0.5, 0.6) is 0 Å². The quantitative estimate of drug-likeness (QED) is 0.271. The highest BCUT2D eigenvalue weighted by molar-refractivity contribution is 6.20. The maximum atomic E-state index is 13.7. The summed E-state index contributed by atoms with van der Waals surface area (Å²) in [5, 5.41) is 0. The van der Waals surface area contributed by atoms with Crippen LogP contribution < -0.4 is 0 Å². The first-order valence-electron chi connectivity index (χ1n) is 10.4. The van der Waals surface area contributed by atoms with Crippen LogP contribution >= 0.6 is 0 Å². The third kappa shape index (κ3) is 3.56. The Morgan fingerprint density at radius 3 is 2.12 bits per heavy atom. The summed E-state index contributed by atoms with van der Waals surface area (Å²) in [6.45, 7) is 8.54. The van der Waals surface area contributed by atoms with Crippen molar-refractivity contribution < 1.29 is 9.59 Å². The van der Waals surface area contributed by atoms with Crippen molar-refractivity contribution >= 4 is 11.6 Å². The molecule has 26 heavy (non-hydrogen) atoms. The topological polar surface area (TPSA) is 34.1 Å². The molecule has 0 saturated carbocycles. The molecule has 0 aliphatic heterocycles. The smallest absolute Gasteiger partial charge is 0.180 e. The Hall–Kier alpha value is -1.70. The molecule has 1 aliphatic rings. The lowest BCUT2D eigenvalue weighted by molar-refractivity contribution is -0.126. The summed E-state index contributed by atoms with van der Waals surface area (Å²) >= 11 is 0. The summed E-state index contributed by atoms with van der Waals surface area (Å²) in [6, 6.07) is 9.44. The van der Waals surface area contributed by atoms with Crippen LogP contribution in [0.25, 0.3) is 0 Å². The Morgan fingerprint density at radius 2 is 1.58 bits per heavy atom. The Kier molecular flexibility index (Phi) is 7.37. The molecule has 0 saturated heterocycles. The van der Waals surface area contributed by atoms with Gasteiger partial charge in [-0.2, -0.15) is 0 Å². The van der Waals surface area contributed by atoms with Crippen LogP contribution in [0, 0.1) is 11.3 Å². The zero-order valence-electron chi connectivity index (χ0n) is 16.9. The van der Waals surface area contributed by atoms with Crippen molar-refractivity contribution in [2.45, 2.75) is 79.1 Å². The third-order valence-corrected chi connectivity index (χ3v) is 5.71. The van der Waals surface area contributed by atoms with Crippen LogP contribution in [0.2, 0.25) is 0 Å². The second-order valence-corrected chi connectivity index (χ2v) is 7.56. The number of ketones is 2. The normalized spacial score (nSPS) is 22.9. The van der Waals surface area contributed by atoms with Gasteiger partial charge in [-0.15, -0.1) is 0 Å².